The van der Waals surface area contributed by atoms with Crippen LogP contribution in [0.15, 0.2) is 42.7 Å². The molecule has 0 spiro atoms. The summed E-state index contributed by atoms with van der Waals surface area (Å²) < 4.78 is 46.7. The Balaban J connectivity index is 1.37. The van der Waals surface area contributed by atoms with Crippen LogP contribution in [0.1, 0.15) is 40.9 Å². The lowest BCUT2D eigenvalue weighted by Crippen LogP contribution is -2.55. The first-order valence-electron chi connectivity index (χ1n) is 13.6. The zero-order chi connectivity index (χ0) is 29.9. The minimum absolute atomic E-state index is 0.0280. The molecule has 0 radical (unpaired) electrons. The third-order valence-corrected chi connectivity index (χ3v) is 8.75. The van der Waals surface area contributed by atoms with E-state index in [0.29, 0.717) is 40.0 Å². The average molecular weight is 582 g/mol. The molecule has 3 heterocycles. The molecule has 3 aliphatic rings. The first-order valence-corrected chi connectivity index (χ1v) is 13.6. The Hall–Kier alpha value is -4.26. The second kappa shape index (κ2) is 10.2. The van der Waals surface area contributed by atoms with Crippen LogP contribution in [0.3, 0.4) is 0 Å². The Morgan fingerprint density at radius 1 is 1.10 bits per heavy atom. The van der Waals surface area contributed by atoms with Crippen molar-refractivity contribution in [3.63, 3.8) is 0 Å². The predicted molar refractivity (Wildman–Crippen MR) is 147 cm³/mol. The van der Waals surface area contributed by atoms with Crippen molar-refractivity contribution in [2.24, 2.45) is 24.8 Å². The van der Waals surface area contributed by atoms with Gasteiger partial charge in [0.1, 0.15) is 5.82 Å². The summed E-state index contributed by atoms with van der Waals surface area (Å²) >= 11 is 0. The van der Waals surface area contributed by atoms with Crippen molar-refractivity contribution in [3.8, 4) is 0 Å². The number of amides is 2. The number of alkyl halides is 3. The van der Waals surface area contributed by atoms with E-state index in [4.69, 9.17) is 10.5 Å². The van der Waals surface area contributed by atoms with Gasteiger partial charge < -0.3 is 10.5 Å². The Labute approximate surface area is 239 Å². The van der Waals surface area contributed by atoms with Crippen LogP contribution in [0.2, 0.25) is 0 Å². The molecule has 220 valence electrons. The normalized spacial score (nSPS) is 21.8. The van der Waals surface area contributed by atoms with Crippen LogP contribution in [0, 0.1) is 17.8 Å². The number of methoxy groups -OCH3 is 1. The standard InChI is InChI=1S/C29H30F3N7O3/c1-37-25-21-10-15(4-7-23(21)36-26(33)22(25)13-35-37)27(40)39(14-19-6-5-18(12-34-19)29(30,31)32)38(2)28(41)20-11-24(42-3)17-8-16(20)9-17/h4-7,10,12-13,16-17,20,24H,8-9,11,14H2,1-3H3,(H2,33,36)/t16?,17?,20-,24+/m1/s1. The fourth-order valence-corrected chi connectivity index (χ4v) is 6.32. The Morgan fingerprint density at radius 2 is 1.86 bits per heavy atom. The Bertz CT molecular complexity index is 1680. The smallest absolute Gasteiger partial charge is 0.383 e. The van der Waals surface area contributed by atoms with Gasteiger partial charge >= 0.3 is 6.18 Å². The molecule has 2 atom stereocenters. The number of aryl methyl sites for hydroxylation is 1. The average Bonchev–Trinajstić information content (AvgIpc) is 3.36. The van der Waals surface area contributed by atoms with Crippen LogP contribution >= 0.6 is 0 Å². The molecule has 0 saturated heterocycles. The van der Waals surface area contributed by atoms with Crippen LogP contribution in [-0.2, 0) is 29.3 Å². The first kappa shape index (κ1) is 27.9. The number of rotatable bonds is 5. The molecule has 2 N–H and O–H groups in total. The van der Waals surface area contributed by atoms with Crippen molar-refractivity contribution in [2.45, 2.75) is 38.1 Å². The maximum atomic E-state index is 14.1. The minimum Gasteiger partial charge on any atom is -0.383 e. The number of nitrogen functional groups attached to an aromatic ring is 1. The largest absolute Gasteiger partial charge is 0.417 e. The summed E-state index contributed by atoms with van der Waals surface area (Å²) in [5.74, 6) is -0.152. The number of aromatic nitrogens is 4. The summed E-state index contributed by atoms with van der Waals surface area (Å²) in [7, 11) is 4.91. The highest BCUT2D eigenvalue weighted by Crippen LogP contribution is 2.50. The second-order valence-electron chi connectivity index (χ2n) is 11.1. The fraction of sp³-hybridized carbons (Fsp3) is 0.414. The highest BCUT2D eigenvalue weighted by atomic mass is 19.4. The molecule has 1 aromatic carbocycles. The van der Waals surface area contributed by atoms with Gasteiger partial charge in [-0.2, -0.15) is 18.3 Å². The summed E-state index contributed by atoms with van der Waals surface area (Å²) in [6, 6.07) is 7.05. The Morgan fingerprint density at radius 3 is 2.52 bits per heavy atom. The van der Waals surface area contributed by atoms with Gasteiger partial charge in [-0.25, -0.2) is 9.99 Å². The summed E-state index contributed by atoms with van der Waals surface area (Å²) in [6.45, 7) is -0.216. The number of hydrazine groups is 1. The zero-order valence-corrected chi connectivity index (χ0v) is 23.3. The molecule has 7 rings (SSSR count). The van der Waals surface area contributed by atoms with Gasteiger partial charge in [-0.05, 0) is 61.4 Å². The predicted octanol–water partition coefficient (Wildman–Crippen LogP) is 4.19. The van der Waals surface area contributed by atoms with E-state index in [0.717, 1.165) is 25.1 Å². The van der Waals surface area contributed by atoms with Gasteiger partial charge in [-0.3, -0.25) is 24.3 Å². The number of pyridine rings is 2. The molecule has 0 aliphatic heterocycles. The number of benzene rings is 1. The lowest BCUT2D eigenvalue weighted by atomic mass is 9.58. The molecule has 3 saturated carbocycles. The van der Waals surface area contributed by atoms with Gasteiger partial charge in [0.15, 0.2) is 0 Å². The van der Waals surface area contributed by atoms with Crippen LogP contribution in [0.4, 0.5) is 19.0 Å². The molecule has 3 aromatic heterocycles. The molecule has 13 heteroatoms. The second-order valence-corrected chi connectivity index (χ2v) is 11.1. The van der Waals surface area contributed by atoms with E-state index in [-0.39, 0.29) is 41.6 Å². The SMILES string of the molecule is CO[C@H]1C[C@@H](C(=O)N(C)N(Cc2ccc(C(F)(F)F)cn2)C(=O)c2ccc3nc(N)c4cnn(C)c4c3c2)C2CC1C2. The molecule has 4 aromatic rings. The van der Waals surface area contributed by atoms with E-state index in [9.17, 15) is 22.8 Å². The van der Waals surface area contributed by atoms with Crippen molar-refractivity contribution in [2.75, 3.05) is 19.9 Å². The van der Waals surface area contributed by atoms with Gasteiger partial charge in [0.2, 0.25) is 5.91 Å². The number of halogens is 3. The van der Waals surface area contributed by atoms with Gasteiger partial charge in [0.05, 0.1) is 46.5 Å². The number of hydrogen-bond donors (Lipinski definition) is 1. The lowest BCUT2D eigenvalue weighted by molar-refractivity contribution is -0.162. The van der Waals surface area contributed by atoms with Crippen LogP contribution < -0.4 is 5.73 Å². The summed E-state index contributed by atoms with van der Waals surface area (Å²) in [4.78, 5) is 36.4. The summed E-state index contributed by atoms with van der Waals surface area (Å²) in [6.07, 6.45) is 0.0775. The molecule has 3 fully saturated rings. The zero-order valence-electron chi connectivity index (χ0n) is 23.3. The van der Waals surface area contributed by atoms with Crippen molar-refractivity contribution in [1.82, 2.24) is 29.8 Å². The number of nitrogens with zero attached hydrogens (tertiary/aromatic N) is 6. The number of fused-ring (bicyclic) bond motifs is 5. The number of ether oxygens (including phenoxy) is 1. The molecular formula is C29H30F3N7O3. The molecular weight excluding hydrogens is 551 g/mol. The summed E-state index contributed by atoms with van der Waals surface area (Å²) in [5.41, 5.74) is 6.92. The number of carbonyl (C=O) groups excluding carboxylic acids is 2. The van der Waals surface area contributed by atoms with Crippen molar-refractivity contribution in [3.05, 3.63) is 59.5 Å². The third-order valence-electron chi connectivity index (χ3n) is 8.75. The molecule has 10 nitrogen and oxygen atoms in total. The number of carbonyl (C=O) groups is 2. The highest BCUT2D eigenvalue weighted by molar-refractivity contribution is 6.10. The summed E-state index contributed by atoms with van der Waals surface area (Å²) in [5, 5.41) is 8.06. The van der Waals surface area contributed by atoms with E-state index >= 15 is 0 Å². The lowest BCUT2D eigenvalue weighted by Gasteiger charge is -2.51. The quantitative estimate of drug-likeness (QED) is 0.351. The molecule has 2 bridgehead atoms. The third kappa shape index (κ3) is 4.71. The molecule has 2 amide bonds. The van der Waals surface area contributed by atoms with Crippen LogP contribution in [0.5, 0.6) is 0 Å². The van der Waals surface area contributed by atoms with Gasteiger partial charge in [0, 0.05) is 44.3 Å². The monoisotopic (exact) mass is 581 g/mol. The van der Waals surface area contributed by atoms with E-state index < -0.39 is 17.6 Å². The van der Waals surface area contributed by atoms with Crippen LogP contribution in [-0.4, -0.2) is 61.8 Å². The van der Waals surface area contributed by atoms with E-state index in [1.807, 2.05) is 0 Å². The van der Waals surface area contributed by atoms with Gasteiger partial charge in [0.25, 0.3) is 5.91 Å². The van der Waals surface area contributed by atoms with E-state index in [1.165, 1.54) is 23.1 Å². The molecule has 0 unspecified atom stereocenters. The molecule has 3 aliphatic carbocycles. The minimum atomic E-state index is -4.55. The van der Waals surface area contributed by atoms with E-state index in [1.54, 1.807) is 43.2 Å². The number of nitrogens with two attached hydrogens (primary N) is 1. The maximum Gasteiger partial charge on any atom is 0.417 e. The first-order chi connectivity index (χ1) is 20.0. The van der Waals surface area contributed by atoms with Gasteiger partial charge in [-0.1, -0.05) is 0 Å². The van der Waals surface area contributed by atoms with Crippen molar-refractivity contribution in [1.29, 1.82) is 0 Å². The highest BCUT2D eigenvalue weighted by Gasteiger charge is 2.50. The Kier molecular flexibility index (Phi) is 6.79. The number of anilines is 1. The molecule has 42 heavy (non-hydrogen) atoms. The number of hydrogen-bond acceptors (Lipinski definition) is 7. The van der Waals surface area contributed by atoms with Crippen molar-refractivity contribution < 1.29 is 27.5 Å². The topological polar surface area (TPSA) is 119 Å². The van der Waals surface area contributed by atoms with Gasteiger partial charge in [-0.15, -0.1) is 0 Å². The maximum absolute atomic E-state index is 14.1. The van der Waals surface area contributed by atoms with E-state index in [2.05, 4.69) is 15.1 Å². The van der Waals surface area contributed by atoms with Crippen LogP contribution in [0.25, 0.3) is 21.8 Å². The fourth-order valence-electron chi connectivity index (χ4n) is 6.32. The van der Waals surface area contributed by atoms with Crippen molar-refractivity contribution >= 4 is 39.4 Å².